The summed E-state index contributed by atoms with van der Waals surface area (Å²) in [6.45, 7) is 8.62. The number of amides is 1. The van der Waals surface area contributed by atoms with Gasteiger partial charge in [0.05, 0.1) is 6.42 Å². The van der Waals surface area contributed by atoms with Gasteiger partial charge in [0.2, 0.25) is 0 Å². The number of hydrogen-bond donors (Lipinski definition) is 3. The molecule has 1 heterocycles. The van der Waals surface area contributed by atoms with Crippen LogP contribution in [-0.4, -0.2) is 64.7 Å². The Hall–Kier alpha value is -1.75. The molecule has 3 atom stereocenters. The monoisotopic (exact) mass is 530 g/mol. The molecule has 0 radical (unpaired) electrons. The predicted molar refractivity (Wildman–Crippen MR) is 146 cm³/mol. The highest BCUT2D eigenvalue weighted by atomic mass is 32.1. The van der Waals surface area contributed by atoms with Crippen molar-refractivity contribution >= 4 is 44.8 Å². The van der Waals surface area contributed by atoms with E-state index in [9.17, 15) is 24.6 Å². The number of nitrogens with one attached hydrogen (secondary N) is 1. The maximum Gasteiger partial charge on any atom is 0.326 e. The highest BCUT2D eigenvalue weighted by Gasteiger charge is 2.37. The van der Waals surface area contributed by atoms with Crippen molar-refractivity contribution in [2.45, 2.75) is 76.9 Å². The first-order chi connectivity index (χ1) is 15.4. The van der Waals surface area contributed by atoms with Crippen LogP contribution in [0.1, 0.15) is 65.4 Å². The smallest absolute Gasteiger partial charge is 0.326 e. The molecule has 1 fully saturated rings. The molecule has 1 aliphatic heterocycles. The molecule has 0 aromatic heterocycles. The van der Waals surface area contributed by atoms with E-state index in [1.807, 2.05) is 12.1 Å². The molecule has 3 N–H and O–H groups in total. The molecule has 1 saturated heterocycles. The van der Waals surface area contributed by atoms with Crippen LogP contribution in [0.25, 0.3) is 0 Å². The number of carboxylic acids is 1. The summed E-state index contributed by atoms with van der Waals surface area (Å²) >= 11 is 0. The lowest BCUT2D eigenvalue weighted by molar-refractivity contribution is -0.152. The second-order valence-electron chi connectivity index (χ2n) is 9.81. The SMILES string of the molecule is CCC1(c2cccc(OC(=O)C[C@](C)(O)C(=O)N[C@H](C(=O)O)C(C)C)c2)CCCCN(C)C1.S.S. The number of ether oxygens (including phenoxy) is 1. The first-order valence-corrected chi connectivity index (χ1v) is 11.7. The molecule has 1 aliphatic rings. The van der Waals surface area contributed by atoms with Gasteiger partial charge in [-0.3, -0.25) is 9.59 Å². The van der Waals surface area contributed by atoms with Gasteiger partial charge in [0.1, 0.15) is 11.8 Å². The Morgan fingerprint density at radius 1 is 1.23 bits per heavy atom. The molecule has 0 saturated carbocycles. The highest BCUT2D eigenvalue weighted by Crippen LogP contribution is 2.37. The topological polar surface area (TPSA) is 116 Å². The molecular formula is C25H42N2O6S2. The van der Waals surface area contributed by atoms with E-state index in [4.69, 9.17) is 4.74 Å². The number of likely N-dealkylation sites (tertiary alicyclic amines) is 1. The summed E-state index contributed by atoms with van der Waals surface area (Å²) in [6, 6.07) is 6.29. The maximum atomic E-state index is 12.5. The average Bonchev–Trinajstić information content (AvgIpc) is 2.92. The minimum absolute atomic E-state index is 0. The van der Waals surface area contributed by atoms with Gasteiger partial charge < -0.3 is 25.2 Å². The van der Waals surface area contributed by atoms with E-state index in [1.165, 1.54) is 6.92 Å². The lowest BCUT2D eigenvalue weighted by Gasteiger charge is -2.35. The zero-order valence-corrected chi connectivity index (χ0v) is 23.4. The van der Waals surface area contributed by atoms with Crippen LogP contribution in [0.2, 0.25) is 0 Å². The van der Waals surface area contributed by atoms with E-state index in [0.717, 1.165) is 44.3 Å². The number of aliphatic hydroxyl groups is 1. The minimum Gasteiger partial charge on any atom is -0.480 e. The number of carbonyl (C=O) groups excluding carboxylic acids is 2. The van der Waals surface area contributed by atoms with Crippen LogP contribution in [0.4, 0.5) is 0 Å². The Labute approximate surface area is 222 Å². The number of nitrogens with zero attached hydrogens (tertiary/aromatic N) is 1. The van der Waals surface area contributed by atoms with Crippen molar-refractivity contribution in [1.29, 1.82) is 0 Å². The number of rotatable bonds is 9. The molecule has 35 heavy (non-hydrogen) atoms. The normalized spacial score (nSPS) is 20.9. The Morgan fingerprint density at radius 2 is 1.89 bits per heavy atom. The van der Waals surface area contributed by atoms with E-state index in [-0.39, 0.29) is 38.3 Å². The van der Waals surface area contributed by atoms with Crippen LogP contribution in [0.5, 0.6) is 5.75 Å². The standard InChI is InChI=1S/C25H38N2O6.2H2S/c1-6-25(12-7-8-13-27(5)16-25)18-10-9-11-19(14-18)33-20(28)15-24(4,32)23(31)26-21(17(2)3)22(29)30;;/h9-11,14,17,21,32H,6-8,12-13,15-16H2,1-5H3,(H,26,31)(H,29,30);2*1H2/t21-,24-,25?;;/m0../s1. The Kier molecular flexibility index (Phi) is 13.4. The van der Waals surface area contributed by atoms with Crippen LogP contribution in [0.15, 0.2) is 24.3 Å². The van der Waals surface area contributed by atoms with Crippen LogP contribution >= 0.6 is 27.0 Å². The Balaban J connectivity index is 0.00000578. The molecule has 1 amide bonds. The third kappa shape index (κ3) is 9.00. The number of hydrogen-bond acceptors (Lipinski definition) is 6. The van der Waals surface area contributed by atoms with E-state index in [0.29, 0.717) is 5.75 Å². The van der Waals surface area contributed by atoms with Crippen LogP contribution < -0.4 is 10.1 Å². The lowest BCUT2D eigenvalue weighted by Crippen LogP contribution is -2.53. The fourth-order valence-electron chi connectivity index (χ4n) is 4.48. The van der Waals surface area contributed by atoms with Crippen LogP contribution in [0.3, 0.4) is 0 Å². The van der Waals surface area contributed by atoms with E-state index < -0.39 is 35.9 Å². The molecule has 8 nitrogen and oxygen atoms in total. The van der Waals surface area contributed by atoms with Gasteiger partial charge in [-0.2, -0.15) is 27.0 Å². The second kappa shape index (κ2) is 14.1. The molecule has 200 valence electrons. The maximum absolute atomic E-state index is 12.5. The quantitative estimate of drug-likeness (QED) is 0.332. The average molecular weight is 531 g/mol. The van der Waals surface area contributed by atoms with Crippen molar-refractivity contribution in [2.24, 2.45) is 5.92 Å². The summed E-state index contributed by atoms with van der Waals surface area (Å²) in [6.07, 6.45) is 3.71. The third-order valence-corrected chi connectivity index (χ3v) is 6.57. The predicted octanol–water partition coefficient (Wildman–Crippen LogP) is 2.95. The molecular weight excluding hydrogens is 488 g/mol. The fourth-order valence-corrected chi connectivity index (χ4v) is 4.48. The van der Waals surface area contributed by atoms with Gasteiger partial charge in [0.15, 0.2) is 5.60 Å². The lowest BCUT2D eigenvalue weighted by atomic mass is 9.74. The number of benzene rings is 1. The van der Waals surface area contributed by atoms with Crippen molar-refractivity contribution in [3.8, 4) is 5.75 Å². The van der Waals surface area contributed by atoms with Gasteiger partial charge in [0, 0.05) is 12.0 Å². The number of carbonyl (C=O) groups is 3. The van der Waals surface area contributed by atoms with Crippen molar-refractivity contribution in [3.63, 3.8) is 0 Å². The number of carboxylic acid groups (broad SMARTS) is 1. The summed E-state index contributed by atoms with van der Waals surface area (Å²) in [5.41, 5.74) is -1.03. The zero-order valence-electron chi connectivity index (χ0n) is 21.4. The van der Waals surface area contributed by atoms with Gasteiger partial charge in [-0.25, -0.2) is 4.79 Å². The Morgan fingerprint density at radius 3 is 2.46 bits per heavy atom. The molecule has 10 heteroatoms. The van der Waals surface area contributed by atoms with Crippen LogP contribution in [0, 0.1) is 5.92 Å². The summed E-state index contributed by atoms with van der Waals surface area (Å²) in [5, 5.41) is 22.1. The van der Waals surface area contributed by atoms with Gasteiger partial charge in [-0.05, 0) is 63.4 Å². The van der Waals surface area contributed by atoms with E-state index >= 15 is 0 Å². The molecule has 0 bridgehead atoms. The van der Waals surface area contributed by atoms with Crippen LogP contribution in [-0.2, 0) is 19.8 Å². The summed E-state index contributed by atoms with van der Waals surface area (Å²) in [5.74, 6) is -2.93. The summed E-state index contributed by atoms with van der Waals surface area (Å²) in [7, 11) is 2.13. The van der Waals surface area contributed by atoms with Gasteiger partial charge in [0.25, 0.3) is 5.91 Å². The number of likely N-dealkylation sites (N-methyl/N-ethyl adjacent to an activating group) is 1. The molecule has 1 aromatic carbocycles. The summed E-state index contributed by atoms with van der Waals surface area (Å²) in [4.78, 5) is 38.7. The Bertz CT molecular complexity index is 864. The first kappa shape index (κ1) is 33.2. The van der Waals surface area contributed by atoms with Crippen molar-refractivity contribution in [3.05, 3.63) is 29.8 Å². The second-order valence-corrected chi connectivity index (χ2v) is 9.81. The number of aliphatic carboxylic acids is 1. The van der Waals surface area contributed by atoms with Crippen molar-refractivity contribution < 1.29 is 29.3 Å². The summed E-state index contributed by atoms with van der Waals surface area (Å²) < 4.78 is 5.47. The molecule has 1 unspecified atom stereocenters. The zero-order chi connectivity index (χ0) is 24.8. The van der Waals surface area contributed by atoms with Gasteiger partial charge >= 0.3 is 11.9 Å². The molecule has 0 aliphatic carbocycles. The number of esters is 1. The third-order valence-electron chi connectivity index (χ3n) is 6.57. The van der Waals surface area contributed by atoms with E-state index in [2.05, 4.69) is 30.3 Å². The van der Waals surface area contributed by atoms with Gasteiger partial charge in [-0.15, -0.1) is 0 Å². The molecule has 0 spiro atoms. The highest BCUT2D eigenvalue weighted by molar-refractivity contribution is 7.59. The van der Waals surface area contributed by atoms with Gasteiger partial charge in [-0.1, -0.05) is 39.3 Å². The largest absolute Gasteiger partial charge is 0.480 e. The van der Waals surface area contributed by atoms with Crippen molar-refractivity contribution in [2.75, 3.05) is 20.1 Å². The molecule has 2 rings (SSSR count). The minimum atomic E-state index is -2.11. The fraction of sp³-hybridized carbons (Fsp3) is 0.640. The molecule has 1 aromatic rings. The van der Waals surface area contributed by atoms with E-state index in [1.54, 1.807) is 19.9 Å². The first-order valence-electron chi connectivity index (χ1n) is 11.7. The van der Waals surface area contributed by atoms with Crippen molar-refractivity contribution in [1.82, 2.24) is 10.2 Å².